The molecule has 0 heterocycles. The average Bonchev–Trinajstić information content (AvgIpc) is 0.811. The maximum absolute atomic E-state index is 8.12. The van der Waals surface area contributed by atoms with Gasteiger partial charge in [-0.05, 0) is 13.3 Å². The van der Waals surface area contributed by atoms with Crippen molar-refractivity contribution in [3.8, 4) is 0 Å². The second-order valence-corrected chi connectivity index (χ2v) is 2.54. The maximum atomic E-state index is 8.12. The van der Waals surface area contributed by atoms with Crippen molar-refractivity contribution < 1.29 is 37.6 Å². The van der Waals surface area contributed by atoms with Crippen molar-refractivity contribution in [3.63, 3.8) is 0 Å². The molecule has 0 aromatic rings. The molecule has 1 nitrogen and oxygen atoms in total. The molecule has 5 heavy (non-hydrogen) atoms. The van der Waals surface area contributed by atoms with E-state index in [1.54, 1.807) is 13.3 Å². The van der Waals surface area contributed by atoms with Crippen LogP contribution in [0.4, 0.5) is 0 Å². The molecule has 0 bridgehead atoms. The molecule has 0 aromatic carbocycles. The van der Waals surface area contributed by atoms with Gasteiger partial charge in [-0.3, -0.25) is 0 Å². The van der Waals surface area contributed by atoms with Crippen molar-refractivity contribution in [2.24, 2.45) is 0 Å². The number of rotatable bonds is 0. The van der Waals surface area contributed by atoms with Crippen molar-refractivity contribution in [1.29, 1.82) is 0 Å². The first-order chi connectivity index (χ1) is 1.73. The Labute approximate surface area is 58.9 Å². The summed E-state index contributed by atoms with van der Waals surface area (Å²) in [6.45, 7) is 3.57. The summed E-state index contributed by atoms with van der Waals surface area (Å²) in [5, 5.41) is 0. The van der Waals surface area contributed by atoms with Crippen molar-refractivity contribution in [3.05, 3.63) is 0 Å². The molecule has 0 aliphatic carbocycles. The van der Waals surface area contributed by atoms with E-state index in [1.165, 1.54) is 0 Å². The minimum atomic E-state index is -0.620. The first-order valence-corrected chi connectivity index (χ1v) is 3.28. The predicted octanol–water partition coefficient (Wildman–Crippen LogP) is 0.633. The summed E-state index contributed by atoms with van der Waals surface area (Å²) < 4.78 is 0. The average molecular weight is 167 g/mol. The van der Waals surface area contributed by atoms with Crippen LogP contribution in [0.5, 0.6) is 0 Å². The molecule has 0 atom stereocenters. The molecule has 1 radical (unpaired) electrons. The smallest absolute Gasteiger partial charge is 0.0187 e. The van der Waals surface area contributed by atoms with Gasteiger partial charge in [-0.1, -0.05) is 0 Å². The van der Waals surface area contributed by atoms with E-state index in [-0.39, 0.29) is 32.7 Å². The van der Waals surface area contributed by atoms with E-state index in [2.05, 4.69) is 0 Å². The number of hydrogen-bond donors (Lipinski definition) is 1. The Kier molecular flexibility index (Phi) is 10.7. The first-order valence-electron chi connectivity index (χ1n) is 1.09. The largest absolute Gasteiger partial charge is 0.374 e. The van der Waals surface area contributed by atoms with Gasteiger partial charge < -0.3 is 4.89 Å². The minimum Gasteiger partial charge on any atom is -0.374 e. The van der Waals surface area contributed by atoms with Crippen LogP contribution in [-0.4, -0.2) is 18.2 Å². The fourth-order valence-corrected chi connectivity index (χ4v) is 0. The summed E-state index contributed by atoms with van der Waals surface area (Å²) in [6.07, 6.45) is 0. The van der Waals surface area contributed by atoms with E-state index in [0.717, 1.165) is 0 Å². The van der Waals surface area contributed by atoms with Crippen LogP contribution in [0.2, 0.25) is 0 Å². The second-order valence-electron chi connectivity index (χ2n) is 0.847. The summed E-state index contributed by atoms with van der Waals surface area (Å²) in [4.78, 5) is 8.12. The van der Waals surface area contributed by atoms with Crippen LogP contribution < -0.4 is 0 Å². The fourth-order valence-electron chi connectivity index (χ4n) is 0. The summed E-state index contributed by atoms with van der Waals surface area (Å²) in [5.74, 6) is 0. The standard InChI is InChI=1S/C2H7OP.Y/c1-4(2)3;/h3H,1-2H3;. The summed E-state index contributed by atoms with van der Waals surface area (Å²) >= 11 is 0. The molecule has 29 valence electrons. The fraction of sp³-hybridized carbons (Fsp3) is 1.00. The quantitative estimate of drug-likeness (QED) is 0.524. The van der Waals surface area contributed by atoms with Gasteiger partial charge in [0, 0.05) is 40.9 Å². The SMILES string of the molecule is CP(C)O.[Y]. The molecule has 0 rings (SSSR count). The first kappa shape index (κ1) is 9.71. The van der Waals surface area contributed by atoms with E-state index in [9.17, 15) is 0 Å². The van der Waals surface area contributed by atoms with E-state index < -0.39 is 8.15 Å². The Morgan fingerprint density at radius 2 is 1.40 bits per heavy atom. The van der Waals surface area contributed by atoms with Crippen LogP contribution in [0, 0.1) is 0 Å². The molecule has 0 amide bonds. The monoisotopic (exact) mass is 167 g/mol. The van der Waals surface area contributed by atoms with Crippen LogP contribution in [-0.2, 0) is 32.7 Å². The molecule has 0 saturated carbocycles. The van der Waals surface area contributed by atoms with Gasteiger partial charge in [-0.2, -0.15) is 0 Å². The van der Waals surface area contributed by atoms with E-state index in [1.807, 2.05) is 0 Å². The van der Waals surface area contributed by atoms with Crippen LogP contribution in [0.15, 0.2) is 0 Å². The van der Waals surface area contributed by atoms with Crippen molar-refractivity contribution in [2.45, 2.75) is 0 Å². The Hall–Kier alpha value is 1.49. The van der Waals surface area contributed by atoms with Gasteiger partial charge in [0.25, 0.3) is 0 Å². The van der Waals surface area contributed by atoms with Crippen LogP contribution >= 0.6 is 8.15 Å². The maximum Gasteiger partial charge on any atom is 0.0187 e. The third kappa shape index (κ3) is 30.1. The number of hydrogen-bond acceptors (Lipinski definition) is 1. The van der Waals surface area contributed by atoms with Crippen LogP contribution in [0.1, 0.15) is 0 Å². The Morgan fingerprint density at radius 1 is 1.40 bits per heavy atom. The molecule has 1 N–H and O–H groups in total. The van der Waals surface area contributed by atoms with Gasteiger partial charge in [0.2, 0.25) is 0 Å². The zero-order valence-electron chi connectivity index (χ0n) is 3.47. The molecule has 0 aromatic heterocycles. The van der Waals surface area contributed by atoms with E-state index in [0.29, 0.717) is 0 Å². The van der Waals surface area contributed by atoms with Crippen molar-refractivity contribution in [1.82, 2.24) is 0 Å². The molecule has 0 unspecified atom stereocenters. The topological polar surface area (TPSA) is 20.2 Å². The summed E-state index contributed by atoms with van der Waals surface area (Å²) in [5.41, 5.74) is 0. The Bertz CT molecular complexity index is 14.4. The van der Waals surface area contributed by atoms with Gasteiger partial charge >= 0.3 is 0 Å². The third-order valence-electron chi connectivity index (χ3n) is 0. The van der Waals surface area contributed by atoms with Crippen LogP contribution in [0.25, 0.3) is 0 Å². The van der Waals surface area contributed by atoms with Crippen molar-refractivity contribution in [2.75, 3.05) is 13.3 Å². The van der Waals surface area contributed by atoms with Crippen molar-refractivity contribution >= 4 is 8.15 Å². The molecule has 0 aliphatic rings. The Morgan fingerprint density at radius 3 is 1.40 bits per heavy atom. The second kappa shape index (κ2) is 5.49. The molecule has 0 aliphatic heterocycles. The molecule has 0 spiro atoms. The molecule has 0 fully saturated rings. The molecular weight excluding hydrogens is 160 g/mol. The molecule has 0 saturated heterocycles. The third-order valence-corrected chi connectivity index (χ3v) is 0. The van der Waals surface area contributed by atoms with E-state index in [4.69, 9.17) is 4.89 Å². The van der Waals surface area contributed by atoms with Gasteiger partial charge in [-0.25, -0.2) is 0 Å². The van der Waals surface area contributed by atoms with Crippen LogP contribution in [0.3, 0.4) is 0 Å². The molecule has 3 heteroatoms. The van der Waals surface area contributed by atoms with Gasteiger partial charge in [-0.15, -0.1) is 0 Å². The van der Waals surface area contributed by atoms with Gasteiger partial charge in [0.05, 0.1) is 0 Å². The predicted molar refractivity (Wildman–Crippen MR) is 21.0 cm³/mol. The van der Waals surface area contributed by atoms with Gasteiger partial charge in [0.15, 0.2) is 0 Å². The Balaban J connectivity index is 0. The zero-order valence-corrected chi connectivity index (χ0v) is 7.20. The minimum absolute atomic E-state index is 0. The van der Waals surface area contributed by atoms with E-state index >= 15 is 0 Å². The van der Waals surface area contributed by atoms with Gasteiger partial charge in [0.1, 0.15) is 0 Å². The molecular formula is C2H7OPY. The normalized spacial score (nSPS) is 7.20. The summed E-state index contributed by atoms with van der Waals surface area (Å²) in [6, 6.07) is 0. The summed E-state index contributed by atoms with van der Waals surface area (Å²) in [7, 11) is -0.620. The zero-order chi connectivity index (χ0) is 3.58.